The average Bonchev–Trinajstić information content (AvgIpc) is 2.50. The van der Waals surface area contributed by atoms with Crippen LogP contribution >= 0.6 is 0 Å². The van der Waals surface area contributed by atoms with Gasteiger partial charge in [0.25, 0.3) is 0 Å². The van der Waals surface area contributed by atoms with Gasteiger partial charge in [-0.15, -0.1) is 0 Å². The molecular formula is C19H36N2. The first kappa shape index (κ1) is 16.9. The smallest absolute Gasteiger partial charge is 0.0258 e. The van der Waals surface area contributed by atoms with Crippen LogP contribution in [0.4, 0.5) is 0 Å². The quantitative estimate of drug-likeness (QED) is 0.746. The molecule has 0 amide bonds. The lowest BCUT2D eigenvalue weighted by Gasteiger charge is -2.34. The fourth-order valence-electron chi connectivity index (χ4n) is 4.39. The van der Waals surface area contributed by atoms with Crippen molar-refractivity contribution in [1.29, 1.82) is 0 Å². The Morgan fingerprint density at radius 3 is 1.90 bits per heavy atom. The van der Waals surface area contributed by atoms with Crippen LogP contribution in [0.5, 0.6) is 0 Å². The van der Waals surface area contributed by atoms with Crippen LogP contribution in [0, 0.1) is 11.8 Å². The third-order valence-electron chi connectivity index (χ3n) is 5.71. The highest BCUT2D eigenvalue weighted by Gasteiger charge is 2.26. The lowest BCUT2D eigenvalue weighted by atomic mass is 9.75. The van der Waals surface area contributed by atoms with E-state index in [0.29, 0.717) is 0 Å². The van der Waals surface area contributed by atoms with E-state index in [1.807, 2.05) is 0 Å². The second-order valence-electron chi connectivity index (χ2n) is 7.40. The molecule has 2 nitrogen and oxygen atoms in total. The Morgan fingerprint density at radius 1 is 0.905 bits per heavy atom. The first-order chi connectivity index (χ1) is 10.2. The summed E-state index contributed by atoms with van der Waals surface area (Å²) in [6.45, 7) is 4.43. The van der Waals surface area contributed by atoms with Gasteiger partial charge in [0.05, 0.1) is 0 Å². The molecule has 0 aliphatic heterocycles. The normalized spacial score (nSPS) is 34.7. The number of rotatable bonds is 6. The first-order valence-electron chi connectivity index (χ1n) is 9.31. The first-order valence-corrected chi connectivity index (χ1v) is 9.31. The van der Waals surface area contributed by atoms with Crippen LogP contribution in [-0.4, -0.2) is 19.1 Å². The van der Waals surface area contributed by atoms with Crippen molar-refractivity contribution in [2.45, 2.75) is 90.1 Å². The topological polar surface area (TPSA) is 24.1 Å². The zero-order valence-electron chi connectivity index (χ0n) is 14.5. The predicted octanol–water partition coefficient (Wildman–Crippen LogP) is 4.62. The van der Waals surface area contributed by atoms with Crippen molar-refractivity contribution in [3.8, 4) is 0 Å². The summed E-state index contributed by atoms with van der Waals surface area (Å²) in [6.07, 6.45) is 16.3. The van der Waals surface area contributed by atoms with Gasteiger partial charge >= 0.3 is 0 Å². The summed E-state index contributed by atoms with van der Waals surface area (Å²) in [4.78, 5) is 0. The molecule has 21 heavy (non-hydrogen) atoms. The minimum atomic E-state index is 0.740. The van der Waals surface area contributed by atoms with E-state index in [2.05, 4.69) is 37.6 Å². The van der Waals surface area contributed by atoms with Gasteiger partial charge in [-0.25, -0.2) is 0 Å². The summed E-state index contributed by atoms with van der Waals surface area (Å²) in [5, 5.41) is 7.16. The van der Waals surface area contributed by atoms with Gasteiger partial charge in [-0.2, -0.15) is 0 Å². The highest BCUT2D eigenvalue weighted by atomic mass is 14.9. The van der Waals surface area contributed by atoms with Crippen LogP contribution in [0.15, 0.2) is 11.8 Å². The fourth-order valence-corrected chi connectivity index (χ4v) is 4.39. The molecule has 0 unspecified atom stereocenters. The molecule has 2 saturated carbocycles. The van der Waals surface area contributed by atoms with Gasteiger partial charge in [-0.1, -0.05) is 13.0 Å². The van der Waals surface area contributed by atoms with Gasteiger partial charge in [0.2, 0.25) is 0 Å². The maximum atomic E-state index is 3.71. The third-order valence-corrected chi connectivity index (χ3v) is 5.71. The molecule has 2 aliphatic rings. The molecule has 0 aromatic heterocycles. The summed E-state index contributed by atoms with van der Waals surface area (Å²) >= 11 is 0. The number of hydrogen-bond acceptors (Lipinski definition) is 2. The number of hydrogen-bond donors (Lipinski definition) is 2. The van der Waals surface area contributed by atoms with Crippen molar-refractivity contribution in [2.24, 2.45) is 11.8 Å². The monoisotopic (exact) mass is 292 g/mol. The van der Waals surface area contributed by atoms with Gasteiger partial charge in [-0.05, 0) is 90.0 Å². The van der Waals surface area contributed by atoms with Gasteiger partial charge in [0.1, 0.15) is 0 Å². The Morgan fingerprint density at radius 2 is 1.43 bits per heavy atom. The van der Waals surface area contributed by atoms with Crippen molar-refractivity contribution in [1.82, 2.24) is 10.6 Å². The second kappa shape index (κ2) is 8.82. The van der Waals surface area contributed by atoms with Crippen LogP contribution in [0.3, 0.4) is 0 Å². The molecule has 2 fully saturated rings. The van der Waals surface area contributed by atoms with E-state index in [4.69, 9.17) is 0 Å². The molecule has 2 heteroatoms. The van der Waals surface area contributed by atoms with Crippen molar-refractivity contribution in [2.75, 3.05) is 7.05 Å². The van der Waals surface area contributed by atoms with Gasteiger partial charge in [0.15, 0.2) is 0 Å². The molecule has 2 aliphatic carbocycles. The number of allylic oxidation sites excluding steroid dienone is 2. The Labute approximate surface area is 132 Å². The van der Waals surface area contributed by atoms with Crippen LogP contribution in [-0.2, 0) is 0 Å². The van der Waals surface area contributed by atoms with Crippen LogP contribution in [0.1, 0.15) is 78.1 Å². The van der Waals surface area contributed by atoms with E-state index >= 15 is 0 Å². The minimum Gasteiger partial charge on any atom is -0.386 e. The van der Waals surface area contributed by atoms with Gasteiger partial charge in [-0.3, -0.25) is 0 Å². The fraction of sp³-hybridized carbons (Fsp3) is 0.895. The molecule has 0 heterocycles. The molecule has 0 atom stereocenters. The molecule has 2 N–H and O–H groups in total. The van der Waals surface area contributed by atoms with Crippen molar-refractivity contribution in [3.05, 3.63) is 11.8 Å². The van der Waals surface area contributed by atoms with E-state index < -0.39 is 0 Å². The zero-order valence-corrected chi connectivity index (χ0v) is 14.5. The van der Waals surface area contributed by atoms with Gasteiger partial charge in [0, 0.05) is 17.8 Å². The van der Waals surface area contributed by atoms with Crippen molar-refractivity contribution in [3.63, 3.8) is 0 Å². The number of nitrogens with one attached hydrogen (secondary N) is 2. The molecular weight excluding hydrogens is 256 g/mol. The largest absolute Gasteiger partial charge is 0.386 e. The zero-order chi connectivity index (χ0) is 15.1. The molecule has 0 saturated heterocycles. The molecule has 2 rings (SSSR count). The average molecular weight is 293 g/mol. The predicted molar refractivity (Wildman–Crippen MR) is 92.4 cm³/mol. The van der Waals surface area contributed by atoms with E-state index in [-0.39, 0.29) is 0 Å². The molecule has 0 bridgehead atoms. The van der Waals surface area contributed by atoms with Crippen LogP contribution in [0.2, 0.25) is 0 Å². The van der Waals surface area contributed by atoms with Crippen LogP contribution < -0.4 is 10.6 Å². The van der Waals surface area contributed by atoms with Crippen LogP contribution in [0.25, 0.3) is 0 Å². The van der Waals surface area contributed by atoms with E-state index in [9.17, 15) is 0 Å². The summed E-state index contributed by atoms with van der Waals surface area (Å²) in [7, 11) is 2.12. The Bertz CT molecular complexity index is 308. The van der Waals surface area contributed by atoms with Crippen molar-refractivity contribution < 1.29 is 0 Å². The molecule has 0 spiro atoms. The molecule has 122 valence electrons. The van der Waals surface area contributed by atoms with Crippen molar-refractivity contribution >= 4 is 0 Å². The molecule has 0 radical (unpaired) electrons. The lowest BCUT2D eigenvalue weighted by Crippen LogP contribution is -2.33. The van der Waals surface area contributed by atoms with E-state index in [1.165, 1.54) is 63.5 Å². The summed E-state index contributed by atoms with van der Waals surface area (Å²) in [6, 6.07) is 1.54. The Hall–Kier alpha value is -0.500. The Kier molecular flexibility index (Phi) is 7.09. The van der Waals surface area contributed by atoms with E-state index in [0.717, 1.165) is 30.3 Å². The summed E-state index contributed by atoms with van der Waals surface area (Å²) in [5.74, 6) is 2.03. The van der Waals surface area contributed by atoms with Gasteiger partial charge < -0.3 is 10.6 Å². The standard InChI is InChI=1S/C19H36N2/c1-4-5-15(2)21-19-12-8-17(9-13-19)14-16-6-10-18(20-3)11-7-16/h5,16-21H,4,6-14H2,1-3H3/b15-5+. The highest BCUT2D eigenvalue weighted by Crippen LogP contribution is 2.35. The third kappa shape index (κ3) is 5.65. The Balaban J connectivity index is 1.64. The maximum Gasteiger partial charge on any atom is 0.0258 e. The lowest BCUT2D eigenvalue weighted by molar-refractivity contribution is 0.212. The highest BCUT2D eigenvalue weighted by molar-refractivity contribution is 4.97. The summed E-state index contributed by atoms with van der Waals surface area (Å²) < 4.78 is 0. The molecule has 0 aromatic carbocycles. The molecule has 0 aromatic rings. The minimum absolute atomic E-state index is 0.740. The second-order valence-corrected chi connectivity index (χ2v) is 7.40. The SMILES string of the molecule is CC/C=C(\C)NC1CCC(CC2CCC(NC)CC2)CC1. The maximum absolute atomic E-state index is 3.71. The van der Waals surface area contributed by atoms with E-state index in [1.54, 1.807) is 0 Å². The summed E-state index contributed by atoms with van der Waals surface area (Å²) in [5.41, 5.74) is 1.38.